The Labute approximate surface area is 116 Å². The van der Waals surface area contributed by atoms with Gasteiger partial charge in [0.15, 0.2) is 0 Å². The third-order valence-electron chi connectivity index (χ3n) is 3.20. The lowest BCUT2D eigenvalue weighted by molar-refractivity contribution is -0.143. The minimum Gasteiger partial charge on any atom is -0.466 e. The molecule has 0 aliphatic heterocycles. The van der Waals surface area contributed by atoms with Crippen LogP contribution in [0, 0.1) is 0 Å². The minimum absolute atomic E-state index is 0.111. The summed E-state index contributed by atoms with van der Waals surface area (Å²) >= 11 is 0. The number of ether oxygens (including phenoxy) is 1. The van der Waals surface area contributed by atoms with Crippen molar-refractivity contribution in [2.24, 2.45) is 0 Å². The number of hydrogen-bond acceptors (Lipinski definition) is 3. The molecule has 0 bridgehead atoms. The Morgan fingerprint density at radius 1 is 1.21 bits per heavy atom. The first-order chi connectivity index (χ1) is 9.06. The van der Waals surface area contributed by atoms with Crippen molar-refractivity contribution in [3.8, 4) is 0 Å². The first kappa shape index (κ1) is 15.7. The molecule has 1 rings (SSSR count). The van der Waals surface area contributed by atoms with Crippen molar-refractivity contribution in [2.75, 3.05) is 6.61 Å². The molecular formula is C16H25NO2. The number of hydrogen-bond donors (Lipinski definition) is 1. The van der Waals surface area contributed by atoms with Crippen LogP contribution in [0.4, 0.5) is 0 Å². The maximum Gasteiger partial charge on any atom is 0.307 e. The Morgan fingerprint density at radius 3 is 2.37 bits per heavy atom. The van der Waals surface area contributed by atoms with E-state index in [1.54, 1.807) is 0 Å². The quantitative estimate of drug-likeness (QED) is 0.767. The zero-order chi connectivity index (χ0) is 14.3. The van der Waals surface area contributed by atoms with Crippen LogP contribution in [0.2, 0.25) is 0 Å². The predicted octanol–water partition coefficient (Wildman–Crippen LogP) is 3.24. The largest absolute Gasteiger partial charge is 0.466 e. The molecule has 2 unspecified atom stereocenters. The Kier molecular flexibility index (Phi) is 6.57. The molecule has 1 aromatic rings. The van der Waals surface area contributed by atoms with Crippen molar-refractivity contribution < 1.29 is 9.53 Å². The lowest BCUT2D eigenvalue weighted by atomic mass is 10.0. The van der Waals surface area contributed by atoms with E-state index in [9.17, 15) is 4.79 Å². The van der Waals surface area contributed by atoms with Crippen LogP contribution in [-0.2, 0) is 16.0 Å². The van der Waals surface area contributed by atoms with E-state index >= 15 is 0 Å². The first-order valence-electron chi connectivity index (χ1n) is 7.07. The van der Waals surface area contributed by atoms with Crippen molar-refractivity contribution >= 4 is 5.97 Å². The fourth-order valence-electron chi connectivity index (χ4n) is 2.09. The van der Waals surface area contributed by atoms with Gasteiger partial charge < -0.3 is 10.1 Å². The molecule has 0 fully saturated rings. The third kappa shape index (κ3) is 5.43. The second-order valence-corrected chi connectivity index (χ2v) is 4.89. The molecule has 0 saturated carbocycles. The summed E-state index contributed by atoms with van der Waals surface area (Å²) in [6, 6.07) is 8.95. The van der Waals surface area contributed by atoms with Crippen LogP contribution in [-0.4, -0.2) is 18.6 Å². The summed E-state index contributed by atoms with van der Waals surface area (Å²) in [5.74, 6) is -0.143. The van der Waals surface area contributed by atoms with Gasteiger partial charge in [0.25, 0.3) is 0 Å². The summed E-state index contributed by atoms with van der Waals surface area (Å²) in [5.41, 5.74) is 2.59. The Hall–Kier alpha value is -1.35. The summed E-state index contributed by atoms with van der Waals surface area (Å²) in [6.07, 6.45) is 1.46. The SMILES string of the molecule is CCOC(=O)CC(C)NC(C)c1ccc(CC)cc1. The minimum atomic E-state index is -0.143. The molecule has 0 aliphatic carbocycles. The number of rotatable bonds is 7. The van der Waals surface area contributed by atoms with Crippen molar-refractivity contribution in [1.29, 1.82) is 0 Å². The summed E-state index contributed by atoms with van der Waals surface area (Å²) in [6.45, 7) is 8.54. The molecule has 19 heavy (non-hydrogen) atoms. The summed E-state index contributed by atoms with van der Waals surface area (Å²) in [5, 5.41) is 3.42. The van der Waals surface area contributed by atoms with Crippen LogP contribution in [0.3, 0.4) is 0 Å². The predicted molar refractivity (Wildman–Crippen MR) is 78.1 cm³/mol. The molecule has 3 heteroatoms. The molecule has 0 spiro atoms. The molecular weight excluding hydrogens is 238 g/mol. The molecule has 2 atom stereocenters. The van der Waals surface area contributed by atoms with Gasteiger partial charge >= 0.3 is 5.97 Å². The van der Waals surface area contributed by atoms with Crippen LogP contribution < -0.4 is 5.32 Å². The Morgan fingerprint density at radius 2 is 1.84 bits per heavy atom. The standard InChI is InChI=1S/C16H25NO2/c1-5-14-7-9-15(10-8-14)13(4)17-12(3)11-16(18)19-6-2/h7-10,12-13,17H,5-6,11H2,1-4H3. The van der Waals surface area contributed by atoms with E-state index in [0.29, 0.717) is 13.0 Å². The second-order valence-electron chi connectivity index (χ2n) is 4.89. The average Bonchev–Trinajstić information content (AvgIpc) is 2.38. The highest BCUT2D eigenvalue weighted by molar-refractivity contribution is 5.70. The molecule has 1 aromatic carbocycles. The number of aryl methyl sites for hydroxylation is 1. The number of benzene rings is 1. The van der Waals surface area contributed by atoms with E-state index in [-0.39, 0.29) is 18.1 Å². The van der Waals surface area contributed by atoms with Gasteiger partial charge in [0.05, 0.1) is 13.0 Å². The van der Waals surface area contributed by atoms with E-state index in [4.69, 9.17) is 4.74 Å². The lowest BCUT2D eigenvalue weighted by Gasteiger charge is -2.20. The molecule has 0 radical (unpaired) electrons. The van der Waals surface area contributed by atoms with Gasteiger partial charge in [-0.1, -0.05) is 31.2 Å². The topological polar surface area (TPSA) is 38.3 Å². The smallest absolute Gasteiger partial charge is 0.307 e. The van der Waals surface area contributed by atoms with Gasteiger partial charge in [-0.2, -0.15) is 0 Å². The normalized spacial score (nSPS) is 13.9. The van der Waals surface area contributed by atoms with E-state index in [1.165, 1.54) is 11.1 Å². The molecule has 0 aliphatic rings. The molecule has 3 nitrogen and oxygen atoms in total. The van der Waals surface area contributed by atoms with Gasteiger partial charge in [0, 0.05) is 12.1 Å². The van der Waals surface area contributed by atoms with Crippen LogP contribution in [0.25, 0.3) is 0 Å². The highest BCUT2D eigenvalue weighted by Gasteiger charge is 2.13. The maximum atomic E-state index is 11.4. The fourth-order valence-corrected chi connectivity index (χ4v) is 2.09. The molecule has 0 heterocycles. The highest BCUT2D eigenvalue weighted by atomic mass is 16.5. The zero-order valence-corrected chi connectivity index (χ0v) is 12.4. The van der Waals surface area contributed by atoms with Crippen molar-refractivity contribution in [3.63, 3.8) is 0 Å². The van der Waals surface area contributed by atoms with Crippen LogP contribution in [0.15, 0.2) is 24.3 Å². The van der Waals surface area contributed by atoms with Crippen molar-refractivity contribution in [3.05, 3.63) is 35.4 Å². The second kappa shape index (κ2) is 7.95. The summed E-state index contributed by atoms with van der Waals surface area (Å²) in [4.78, 5) is 11.4. The Bertz CT molecular complexity index is 386. The van der Waals surface area contributed by atoms with E-state index in [1.807, 2.05) is 13.8 Å². The number of carbonyl (C=O) groups excluding carboxylic acids is 1. The molecule has 106 valence electrons. The molecule has 0 saturated heterocycles. The fraction of sp³-hybridized carbons (Fsp3) is 0.562. The number of carbonyl (C=O) groups is 1. The third-order valence-corrected chi connectivity index (χ3v) is 3.20. The van der Waals surface area contributed by atoms with Gasteiger partial charge in [-0.05, 0) is 38.3 Å². The Balaban J connectivity index is 2.48. The van der Waals surface area contributed by atoms with Crippen molar-refractivity contribution in [2.45, 2.75) is 52.6 Å². The average molecular weight is 263 g/mol. The molecule has 0 amide bonds. The zero-order valence-electron chi connectivity index (χ0n) is 12.4. The van der Waals surface area contributed by atoms with Gasteiger partial charge in [-0.3, -0.25) is 4.79 Å². The summed E-state index contributed by atoms with van der Waals surface area (Å²) in [7, 11) is 0. The molecule has 1 N–H and O–H groups in total. The van der Waals surface area contributed by atoms with Gasteiger partial charge in [-0.15, -0.1) is 0 Å². The van der Waals surface area contributed by atoms with E-state index < -0.39 is 0 Å². The van der Waals surface area contributed by atoms with Crippen LogP contribution in [0.1, 0.15) is 51.3 Å². The van der Waals surface area contributed by atoms with Crippen molar-refractivity contribution in [1.82, 2.24) is 5.32 Å². The maximum absolute atomic E-state index is 11.4. The lowest BCUT2D eigenvalue weighted by Crippen LogP contribution is -2.31. The number of nitrogens with one attached hydrogen (secondary N) is 1. The number of esters is 1. The van der Waals surface area contributed by atoms with Crippen LogP contribution >= 0.6 is 0 Å². The van der Waals surface area contributed by atoms with Gasteiger partial charge in [-0.25, -0.2) is 0 Å². The van der Waals surface area contributed by atoms with E-state index in [2.05, 4.69) is 43.4 Å². The highest BCUT2D eigenvalue weighted by Crippen LogP contribution is 2.15. The first-order valence-corrected chi connectivity index (χ1v) is 7.07. The monoisotopic (exact) mass is 263 g/mol. The summed E-state index contributed by atoms with van der Waals surface area (Å²) < 4.78 is 4.95. The molecule has 0 aromatic heterocycles. The van der Waals surface area contributed by atoms with Gasteiger partial charge in [0.1, 0.15) is 0 Å². The van der Waals surface area contributed by atoms with Crippen LogP contribution in [0.5, 0.6) is 0 Å². The van der Waals surface area contributed by atoms with E-state index in [0.717, 1.165) is 6.42 Å². The van der Waals surface area contributed by atoms with Gasteiger partial charge in [0.2, 0.25) is 0 Å².